The van der Waals surface area contributed by atoms with Gasteiger partial charge in [-0.15, -0.1) is 0 Å². The Morgan fingerprint density at radius 2 is 0.784 bits per heavy atom. The highest BCUT2D eigenvalue weighted by atomic mass is 14.7. The van der Waals surface area contributed by atoms with Crippen molar-refractivity contribution >= 4 is 88.2 Å². The van der Waals surface area contributed by atoms with Gasteiger partial charge in [-0.3, -0.25) is 0 Å². The van der Waals surface area contributed by atoms with E-state index in [4.69, 9.17) is 47.3 Å². The normalized spacial score (nSPS) is 8.93. The molecule has 0 saturated heterocycles. The van der Waals surface area contributed by atoms with Crippen LogP contribution in [0.25, 0.3) is 84.8 Å². The number of H-pyrrole nitrogens is 6. The molecule has 0 saturated carbocycles. The van der Waals surface area contributed by atoms with Crippen LogP contribution in [0.15, 0.2) is 134 Å². The third kappa shape index (κ3) is 18.5. The maximum Gasteiger partial charge on any atom is 0.199 e. The average Bonchev–Trinajstić information content (AvgIpc) is 3.67. The highest BCUT2D eigenvalue weighted by Gasteiger charge is 2.12. The Balaban J connectivity index is 0.000000510. The number of fused-ring (bicyclic) bond motifs is 6. The number of aryl methyl sites for hydroxylation is 6. The number of benzene rings is 6. The number of aromatic amines is 6. The summed E-state index contributed by atoms with van der Waals surface area (Å²) < 4.78 is 0. The van der Waals surface area contributed by atoms with Gasteiger partial charge in [0.25, 0.3) is 0 Å². The smallest absolute Gasteiger partial charge is 0.199 e. The Bertz CT molecular complexity index is 4400. The van der Waals surface area contributed by atoms with Crippen molar-refractivity contribution in [3.63, 3.8) is 0 Å². The van der Waals surface area contributed by atoms with Crippen LogP contribution in [0.3, 0.4) is 0 Å². The zero-order chi connectivity index (χ0) is 66.5. The molecule has 0 aliphatic rings. The molecule has 0 fully saturated rings. The van der Waals surface area contributed by atoms with E-state index >= 15 is 0 Å². The molecule has 6 aromatic heterocycles. The maximum absolute atomic E-state index is 8.97. The Morgan fingerprint density at radius 1 is 0.318 bits per heavy atom. The molecule has 6 N–H and O–H groups in total. The van der Waals surface area contributed by atoms with Crippen molar-refractivity contribution in [2.45, 2.75) is 125 Å². The Kier molecular flexibility index (Phi) is 33.7. The van der Waals surface area contributed by atoms with Gasteiger partial charge in [0.1, 0.15) is 24.3 Å². The summed E-state index contributed by atoms with van der Waals surface area (Å²) in [5.74, 6) is 0. The molecule has 6 aromatic carbocycles. The molecule has 0 atom stereocenters. The first-order chi connectivity index (χ1) is 42.8. The van der Waals surface area contributed by atoms with Gasteiger partial charge in [-0.25, -0.2) is 19.4 Å². The molecule has 0 spiro atoms. The fraction of sp³-hybridized carbons (Fsp3) is 0.243. The minimum Gasteiger partial charge on any atom is -0.362 e. The first-order valence-electron chi connectivity index (χ1n) is 29.4. The van der Waals surface area contributed by atoms with Crippen LogP contribution in [0.5, 0.6) is 0 Å². The van der Waals surface area contributed by atoms with Crippen molar-refractivity contribution in [2.24, 2.45) is 0 Å². The number of hydrogen-bond donors (Lipinski definition) is 6. The molecule has 12 rings (SSSR count). The van der Waals surface area contributed by atoms with Crippen molar-refractivity contribution in [3.8, 4) is 24.3 Å². The van der Waals surface area contributed by atoms with E-state index in [1.54, 1.807) is 18.5 Å². The van der Waals surface area contributed by atoms with Crippen LogP contribution in [0.4, 0.5) is 22.7 Å². The fourth-order valence-corrected chi connectivity index (χ4v) is 8.71. The summed E-state index contributed by atoms with van der Waals surface area (Å²) in [4.78, 5) is 32.2. The van der Waals surface area contributed by atoms with Gasteiger partial charge in [-0.2, -0.15) is 21.0 Å². The van der Waals surface area contributed by atoms with E-state index in [1.165, 1.54) is 5.56 Å². The summed E-state index contributed by atoms with van der Waals surface area (Å²) in [6, 6.07) is 39.3. The van der Waals surface area contributed by atoms with E-state index in [2.05, 4.69) is 73.6 Å². The molecule has 448 valence electrons. The highest BCUT2D eigenvalue weighted by molar-refractivity contribution is 5.98. The van der Waals surface area contributed by atoms with Crippen LogP contribution in [0.1, 0.15) is 139 Å². The first-order valence-corrected chi connectivity index (χ1v) is 29.4. The zero-order valence-electron chi connectivity index (χ0n) is 54.3. The number of nitriles is 4. The van der Waals surface area contributed by atoms with Crippen LogP contribution in [0.2, 0.25) is 0 Å². The predicted octanol–water partition coefficient (Wildman–Crippen LogP) is 22.7. The summed E-state index contributed by atoms with van der Waals surface area (Å²) in [5, 5.41) is 41.6. The molecule has 88 heavy (non-hydrogen) atoms. The van der Waals surface area contributed by atoms with Gasteiger partial charge < -0.3 is 29.9 Å². The lowest BCUT2D eigenvalue weighted by atomic mass is 10.0. The van der Waals surface area contributed by atoms with E-state index in [-0.39, 0.29) is 0 Å². The third-order valence-electron chi connectivity index (χ3n) is 12.5. The van der Waals surface area contributed by atoms with E-state index in [0.29, 0.717) is 22.4 Å². The van der Waals surface area contributed by atoms with Crippen molar-refractivity contribution in [3.05, 3.63) is 236 Å². The van der Waals surface area contributed by atoms with E-state index in [1.807, 2.05) is 240 Å². The Morgan fingerprint density at radius 3 is 1.35 bits per heavy atom. The predicted molar refractivity (Wildman–Crippen MR) is 370 cm³/mol. The second kappa shape index (κ2) is 39.9. The zero-order valence-corrected chi connectivity index (χ0v) is 54.3. The summed E-state index contributed by atoms with van der Waals surface area (Å²) >= 11 is 0. The average molecular weight is 1170 g/mol. The van der Waals surface area contributed by atoms with Crippen molar-refractivity contribution in [2.75, 3.05) is 0 Å². The van der Waals surface area contributed by atoms with Crippen molar-refractivity contribution < 1.29 is 0 Å². The highest BCUT2D eigenvalue weighted by Crippen LogP contribution is 2.33. The van der Waals surface area contributed by atoms with Gasteiger partial charge in [0.2, 0.25) is 0 Å². The largest absolute Gasteiger partial charge is 0.362 e. The molecule has 0 amide bonds. The monoisotopic (exact) mass is 1170 g/mol. The van der Waals surface area contributed by atoms with E-state index in [0.717, 1.165) is 116 Å². The summed E-state index contributed by atoms with van der Waals surface area (Å²) in [7, 11) is 0. The molecule has 0 radical (unpaired) electrons. The van der Waals surface area contributed by atoms with Gasteiger partial charge in [-0.1, -0.05) is 125 Å². The van der Waals surface area contributed by atoms with Crippen LogP contribution in [-0.2, 0) is 0 Å². The quantitative estimate of drug-likeness (QED) is 0.0819. The molecule has 0 aliphatic heterocycles. The second-order valence-corrected chi connectivity index (χ2v) is 17.4. The van der Waals surface area contributed by atoms with Crippen LogP contribution >= 0.6 is 0 Å². The second-order valence-electron chi connectivity index (χ2n) is 17.4. The summed E-state index contributed by atoms with van der Waals surface area (Å²) in [6.07, 6.45) is 11.0. The minimum absolute atomic E-state index is 0.438. The standard InChI is InChI=1S/2C11H7N3.4C10H8N2.6C2H6/c1-7-5-8(6-12)11-9(3-4-14-11)10(7)13-2;1-7-4-8-2-3-14-11(8)10(6-13)9(7)5-12;1-7-5-9(11-2)8-3-4-12-10(8)6-7;1-7-3-4-9-8(5-6-12-9)10(7)11-2;1-7-3-4-9(11-2)8-5-6-12-10(7)8;1-7-2-3-8-4-5-12-10(8)9(7)6-11;6*1-2/h3-5,14H,1H3;2-4,14H,1H3;3*3-6,12H,1H3;2-5,12H,1H3;6*1-2H3. The van der Waals surface area contributed by atoms with Crippen molar-refractivity contribution in [1.82, 2.24) is 29.9 Å². The molecule has 12 aromatic rings. The maximum atomic E-state index is 8.97. The lowest BCUT2D eigenvalue weighted by Crippen LogP contribution is -1.90. The molecule has 6 heterocycles. The van der Waals surface area contributed by atoms with Gasteiger partial charge >= 0.3 is 0 Å². The molecule has 14 heteroatoms. The lowest BCUT2D eigenvalue weighted by Gasteiger charge is -2.00. The number of hydrogen-bond acceptors (Lipinski definition) is 4. The van der Waals surface area contributed by atoms with Crippen molar-refractivity contribution in [1.29, 1.82) is 21.0 Å². The van der Waals surface area contributed by atoms with Gasteiger partial charge in [0.05, 0.1) is 65.1 Å². The van der Waals surface area contributed by atoms with Gasteiger partial charge in [0.15, 0.2) is 22.7 Å². The van der Waals surface area contributed by atoms with Gasteiger partial charge in [-0.05, 0) is 130 Å². The van der Waals surface area contributed by atoms with E-state index in [9.17, 15) is 0 Å². The minimum atomic E-state index is 0.438. The number of rotatable bonds is 0. The summed E-state index contributed by atoms with van der Waals surface area (Å²) in [5.41, 5.74) is 16.7. The lowest BCUT2D eigenvalue weighted by molar-refractivity contribution is 1.36. The van der Waals surface area contributed by atoms with Crippen LogP contribution in [0, 0.1) is 113 Å². The molecule has 0 aliphatic carbocycles. The Labute approximate surface area is 521 Å². The fourth-order valence-electron chi connectivity index (χ4n) is 8.71. The molecule has 14 nitrogen and oxygen atoms in total. The molecule has 0 bridgehead atoms. The molecule has 0 unspecified atom stereocenters. The molecular formula is C74H82N14. The number of aromatic nitrogens is 6. The Hall–Kier alpha value is -11.5. The number of nitrogens with zero attached hydrogens (tertiary/aromatic N) is 8. The topological polar surface area (TPSA) is 207 Å². The van der Waals surface area contributed by atoms with E-state index < -0.39 is 0 Å². The van der Waals surface area contributed by atoms with Crippen LogP contribution < -0.4 is 0 Å². The van der Waals surface area contributed by atoms with Crippen LogP contribution in [-0.4, -0.2) is 29.9 Å². The number of nitrogens with one attached hydrogen (secondary N) is 6. The van der Waals surface area contributed by atoms with Gasteiger partial charge in [0, 0.05) is 86.0 Å². The molecular weight excluding hydrogens is 1080 g/mol. The first kappa shape index (κ1) is 74.5. The SMILES string of the molecule is CC.CC.CC.CC.CC.CC.Cc1cc2cc[nH]c2c(C#N)c1C#N.Cc1ccc2cc[nH]c2c1C#N.[C-]#[N+]c1c(C)cc(C#N)c2[nH]ccc12.[C-]#[N+]c1c(C)ccc2[nH]ccc12.[C-]#[N+]c1cc(C)cc2[nH]ccc12.[C-]#[N+]c1ccc(C)c2[nH]ccc12. The third-order valence-corrected chi connectivity index (χ3v) is 12.5. The summed E-state index contributed by atoms with van der Waals surface area (Å²) in [6.45, 7) is 63.6.